The number of nitrogens with one attached hydrogen (secondary N) is 2. The lowest BCUT2D eigenvalue weighted by Gasteiger charge is -2.20. The van der Waals surface area contributed by atoms with Gasteiger partial charge >= 0.3 is 0 Å². The van der Waals surface area contributed by atoms with E-state index in [0.29, 0.717) is 0 Å². The van der Waals surface area contributed by atoms with Crippen molar-refractivity contribution >= 4 is 44.7 Å². The van der Waals surface area contributed by atoms with Crippen molar-refractivity contribution in [2.24, 2.45) is 0 Å². The molecule has 0 fully saturated rings. The molecule has 5 heteroatoms. The summed E-state index contributed by atoms with van der Waals surface area (Å²) < 4.78 is 1.15. The molecule has 1 amide bonds. The highest BCUT2D eigenvalue weighted by atomic mass is 32.1. The van der Waals surface area contributed by atoms with Crippen LogP contribution in [0, 0.1) is 6.92 Å². The summed E-state index contributed by atoms with van der Waals surface area (Å²) >= 11 is 1.58. The van der Waals surface area contributed by atoms with Crippen molar-refractivity contribution in [1.29, 1.82) is 0 Å². The molecule has 3 aromatic rings. The Hall–Kier alpha value is -2.92. The fourth-order valence-electron chi connectivity index (χ4n) is 4.61. The Bertz CT molecular complexity index is 1250. The van der Waals surface area contributed by atoms with E-state index in [1.165, 1.54) is 27.7 Å². The molecular formula is C26H27N3OS. The number of hydrogen-bond acceptors (Lipinski definition) is 4. The molecule has 2 unspecified atom stereocenters. The van der Waals surface area contributed by atoms with E-state index >= 15 is 0 Å². The minimum Gasteiger partial charge on any atom is -0.383 e. The molecule has 2 atom stereocenters. The van der Waals surface area contributed by atoms with E-state index in [0.717, 1.165) is 39.5 Å². The molecule has 2 aromatic heterocycles. The van der Waals surface area contributed by atoms with Crippen LogP contribution in [-0.4, -0.2) is 23.5 Å². The number of aromatic nitrogens is 1. The maximum atomic E-state index is 12.9. The molecule has 4 nitrogen and oxygen atoms in total. The number of hydrogen-bond donors (Lipinski definition) is 2. The maximum Gasteiger partial charge on any atom is 0.263 e. The molecule has 1 aromatic carbocycles. The van der Waals surface area contributed by atoms with Gasteiger partial charge in [-0.1, -0.05) is 36.8 Å². The molecule has 0 saturated heterocycles. The Kier molecular flexibility index (Phi) is 4.94. The van der Waals surface area contributed by atoms with Gasteiger partial charge in [-0.05, 0) is 61.6 Å². The summed E-state index contributed by atoms with van der Waals surface area (Å²) in [6.45, 7) is 9.41. The fourth-order valence-corrected chi connectivity index (χ4v) is 5.71. The van der Waals surface area contributed by atoms with Crippen molar-refractivity contribution in [3.63, 3.8) is 0 Å². The van der Waals surface area contributed by atoms with Crippen molar-refractivity contribution in [3.05, 3.63) is 69.4 Å². The minimum atomic E-state index is 0.0241. The predicted octanol–water partition coefficient (Wildman–Crippen LogP) is 6.14. The zero-order chi connectivity index (χ0) is 21.7. The lowest BCUT2D eigenvalue weighted by molar-refractivity contribution is 0.0942. The lowest BCUT2D eigenvalue weighted by atomic mass is 9.87. The Morgan fingerprint density at radius 2 is 1.94 bits per heavy atom. The van der Waals surface area contributed by atoms with E-state index in [2.05, 4.69) is 72.8 Å². The van der Waals surface area contributed by atoms with Gasteiger partial charge in [0.05, 0.1) is 5.69 Å². The Morgan fingerprint density at radius 3 is 2.71 bits per heavy atom. The zero-order valence-corrected chi connectivity index (χ0v) is 19.2. The summed E-state index contributed by atoms with van der Waals surface area (Å²) in [6, 6.07) is 8.80. The molecule has 5 rings (SSSR count). The number of amides is 1. The summed E-state index contributed by atoms with van der Waals surface area (Å²) in [6.07, 6.45) is 7.32. The Labute approximate surface area is 187 Å². The summed E-state index contributed by atoms with van der Waals surface area (Å²) in [5.74, 6) is 0.291. The van der Waals surface area contributed by atoms with Crippen LogP contribution in [-0.2, 0) is 0 Å². The second kappa shape index (κ2) is 7.65. The van der Waals surface area contributed by atoms with E-state index in [1.807, 2.05) is 13.1 Å². The van der Waals surface area contributed by atoms with Crippen molar-refractivity contribution < 1.29 is 4.79 Å². The topological polar surface area (TPSA) is 54.0 Å². The van der Waals surface area contributed by atoms with Crippen molar-refractivity contribution in [1.82, 2.24) is 10.3 Å². The third kappa shape index (κ3) is 3.37. The number of aryl methyl sites for hydroxylation is 1. The first kappa shape index (κ1) is 20.0. The first-order chi connectivity index (χ1) is 14.9. The van der Waals surface area contributed by atoms with Gasteiger partial charge in [-0.3, -0.25) is 9.78 Å². The second-order valence-corrected chi connectivity index (χ2v) is 9.73. The predicted molar refractivity (Wildman–Crippen MR) is 131 cm³/mol. The first-order valence-corrected chi connectivity index (χ1v) is 11.7. The van der Waals surface area contributed by atoms with E-state index in [4.69, 9.17) is 0 Å². The van der Waals surface area contributed by atoms with E-state index in [1.54, 1.807) is 11.3 Å². The zero-order valence-electron chi connectivity index (χ0n) is 18.4. The minimum absolute atomic E-state index is 0.0241. The van der Waals surface area contributed by atoms with Crippen LogP contribution in [0.2, 0.25) is 0 Å². The summed E-state index contributed by atoms with van der Waals surface area (Å²) in [5, 5.41) is 7.89. The number of benzene rings is 1. The number of anilines is 1. The number of pyridine rings is 1. The van der Waals surface area contributed by atoms with Crippen LogP contribution in [0.3, 0.4) is 0 Å². The van der Waals surface area contributed by atoms with Crippen LogP contribution in [0.5, 0.6) is 0 Å². The average Bonchev–Trinajstić information content (AvgIpc) is 3.06. The Morgan fingerprint density at radius 1 is 1.10 bits per heavy atom. The van der Waals surface area contributed by atoms with Crippen LogP contribution in [0.25, 0.3) is 21.7 Å². The number of carbonyl (C=O) groups is 1. The van der Waals surface area contributed by atoms with Gasteiger partial charge in [0.2, 0.25) is 0 Å². The van der Waals surface area contributed by atoms with E-state index in [9.17, 15) is 4.79 Å². The highest BCUT2D eigenvalue weighted by molar-refractivity contribution is 7.21. The fraction of sp³-hybridized carbons (Fsp3) is 0.308. The third-order valence-electron chi connectivity index (χ3n) is 6.57. The highest BCUT2D eigenvalue weighted by Crippen LogP contribution is 2.45. The number of allylic oxidation sites excluding steroid dienone is 3. The van der Waals surface area contributed by atoms with Gasteiger partial charge in [-0.2, -0.15) is 0 Å². The Balaban J connectivity index is 1.69. The second-order valence-electron chi connectivity index (χ2n) is 8.68. The lowest BCUT2D eigenvalue weighted by Crippen LogP contribution is -2.35. The molecular weight excluding hydrogens is 402 g/mol. The van der Waals surface area contributed by atoms with Gasteiger partial charge in [-0.25, -0.2) is 0 Å². The van der Waals surface area contributed by atoms with Crippen LogP contribution in [0.4, 0.5) is 5.69 Å². The van der Waals surface area contributed by atoms with Gasteiger partial charge in [0.1, 0.15) is 4.88 Å². The SMILES string of the molecule is CC1=C(c2ccc(C)nc2)C=Cc2c(ccc3sc4c(c23)NCCC(C)NC4=O)C1C. The first-order valence-electron chi connectivity index (χ1n) is 10.9. The standard InChI is InChI=1S/C26H27N3OS/c1-14-5-6-18(13-28-14)19-7-8-21-20(17(4)16(19)3)9-10-22-23(21)24-25(31-22)26(30)29-15(2)11-12-27-24/h5-10,13,15,17,27H,11-12H2,1-4H3,(H,29,30). The maximum absolute atomic E-state index is 12.9. The number of thiophene rings is 1. The highest BCUT2D eigenvalue weighted by Gasteiger charge is 2.26. The number of fused-ring (bicyclic) bond motifs is 5. The molecule has 158 valence electrons. The van der Waals surface area contributed by atoms with Gasteiger partial charge in [0, 0.05) is 40.5 Å². The summed E-state index contributed by atoms with van der Waals surface area (Å²) in [7, 11) is 0. The van der Waals surface area contributed by atoms with Gasteiger partial charge in [0.15, 0.2) is 0 Å². The summed E-state index contributed by atoms with van der Waals surface area (Å²) in [4.78, 5) is 18.2. The van der Waals surface area contributed by atoms with Crippen LogP contribution in [0.15, 0.2) is 42.1 Å². The van der Waals surface area contributed by atoms with Gasteiger partial charge < -0.3 is 10.6 Å². The average molecular weight is 430 g/mol. The molecule has 0 bridgehead atoms. The number of nitrogens with zero attached hydrogens (tertiary/aromatic N) is 1. The molecule has 3 heterocycles. The molecule has 2 N–H and O–H groups in total. The van der Waals surface area contributed by atoms with Crippen molar-refractivity contribution in [2.45, 2.75) is 46.1 Å². The van der Waals surface area contributed by atoms with Crippen LogP contribution < -0.4 is 10.6 Å². The molecule has 0 radical (unpaired) electrons. The molecule has 1 aliphatic carbocycles. The molecule has 31 heavy (non-hydrogen) atoms. The molecule has 0 saturated carbocycles. The van der Waals surface area contributed by atoms with Crippen molar-refractivity contribution in [2.75, 3.05) is 11.9 Å². The van der Waals surface area contributed by atoms with Gasteiger partial charge in [0.25, 0.3) is 5.91 Å². The largest absolute Gasteiger partial charge is 0.383 e. The normalized spacial score (nSPS) is 21.0. The molecule has 2 aliphatic rings. The number of carbonyl (C=O) groups excluding carboxylic acids is 1. The summed E-state index contributed by atoms with van der Waals surface area (Å²) in [5.41, 5.74) is 8.21. The smallest absolute Gasteiger partial charge is 0.263 e. The van der Waals surface area contributed by atoms with Crippen molar-refractivity contribution in [3.8, 4) is 0 Å². The molecule has 0 spiro atoms. The third-order valence-corrected chi connectivity index (χ3v) is 7.73. The number of rotatable bonds is 1. The van der Waals surface area contributed by atoms with Gasteiger partial charge in [-0.15, -0.1) is 11.3 Å². The van der Waals surface area contributed by atoms with Crippen LogP contribution in [0.1, 0.15) is 65.2 Å². The van der Waals surface area contributed by atoms with E-state index in [-0.39, 0.29) is 17.9 Å². The quantitative estimate of drug-likeness (QED) is 0.488. The monoisotopic (exact) mass is 429 g/mol. The van der Waals surface area contributed by atoms with E-state index < -0.39 is 0 Å². The molecule has 1 aliphatic heterocycles. The van der Waals surface area contributed by atoms with Crippen LogP contribution >= 0.6 is 11.3 Å².